The number of rotatable bonds is 5. The van der Waals surface area contributed by atoms with Gasteiger partial charge in [-0.15, -0.1) is 0 Å². The van der Waals surface area contributed by atoms with Crippen molar-refractivity contribution in [1.82, 2.24) is 9.88 Å². The zero-order chi connectivity index (χ0) is 17.4. The van der Waals surface area contributed by atoms with Gasteiger partial charge in [-0.2, -0.15) is 0 Å². The molecule has 132 valence electrons. The molecule has 1 aromatic heterocycles. The summed E-state index contributed by atoms with van der Waals surface area (Å²) < 4.78 is 29.4. The van der Waals surface area contributed by atoms with Gasteiger partial charge in [-0.1, -0.05) is 19.9 Å². The summed E-state index contributed by atoms with van der Waals surface area (Å²) in [5.74, 6) is 0.533. The van der Waals surface area contributed by atoms with Gasteiger partial charge >= 0.3 is 7.82 Å². The van der Waals surface area contributed by atoms with Crippen molar-refractivity contribution in [3.05, 3.63) is 30.0 Å². The van der Waals surface area contributed by atoms with E-state index in [0.717, 1.165) is 29.4 Å². The first kappa shape index (κ1) is 17.5. The van der Waals surface area contributed by atoms with Gasteiger partial charge in [0, 0.05) is 29.1 Å². The number of nitrogens with zero attached hydrogens (tertiary/aromatic N) is 1. The van der Waals surface area contributed by atoms with E-state index in [-0.39, 0.29) is 5.41 Å². The Labute approximate surface area is 142 Å². The van der Waals surface area contributed by atoms with Crippen LogP contribution in [0.3, 0.4) is 0 Å². The zero-order valence-corrected chi connectivity index (χ0v) is 15.6. The van der Waals surface area contributed by atoms with Crippen molar-refractivity contribution in [3.8, 4) is 5.75 Å². The maximum Gasteiger partial charge on any atom is 0.530 e. The molecule has 6 nitrogen and oxygen atoms in total. The van der Waals surface area contributed by atoms with Crippen molar-refractivity contribution in [2.75, 3.05) is 33.9 Å². The Balaban J connectivity index is 1.86. The minimum atomic E-state index is -3.58. The van der Waals surface area contributed by atoms with E-state index >= 15 is 0 Å². The van der Waals surface area contributed by atoms with Gasteiger partial charge in [0.25, 0.3) is 0 Å². The highest BCUT2D eigenvalue weighted by molar-refractivity contribution is 7.49. The molecule has 0 spiro atoms. The quantitative estimate of drug-likeness (QED) is 0.829. The summed E-state index contributed by atoms with van der Waals surface area (Å²) in [7, 11) is 0.498. The van der Waals surface area contributed by atoms with Crippen LogP contribution in [-0.2, 0) is 20.0 Å². The van der Waals surface area contributed by atoms with E-state index in [9.17, 15) is 4.57 Å². The monoisotopic (exact) mass is 352 g/mol. The van der Waals surface area contributed by atoms with Crippen molar-refractivity contribution in [1.29, 1.82) is 0 Å². The number of aromatic nitrogens is 1. The number of phosphoric acid groups is 1. The van der Waals surface area contributed by atoms with Gasteiger partial charge in [-0.3, -0.25) is 9.05 Å². The zero-order valence-electron chi connectivity index (χ0n) is 14.7. The second-order valence-corrected chi connectivity index (χ2v) is 8.89. The van der Waals surface area contributed by atoms with Gasteiger partial charge in [-0.25, -0.2) is 4.57 Å². The smallest absolute Gasteiger partial charge is 0.403 e. The number of phosphoric ester groups is 1. The summed E-state index contributed by atoms with van der Waals surface area (Å²) in [6.07, 6.45) is 2.84. The average molecular weight is 352 g/mol. The predicted molar refractivity (Wildman–Crippen MR) is 94.5 cm³/mol. The maximum absolute atomic E-state index is 12.7. The maximum atomic E-state index is 12.7. The minimum Gasteiger partial charge on any atom is -0.403 e. The number of hydrogen-bond donors (Lipinski definition) is 1. The van der Waals surface area contributed by atoms with E-state index in [1.165, 1.54) is 0 Å². The molecule has 1 aliphatic heterocycles. The number of hydrogen-bond acceptors (Lipinski definition) is 5. The summed E-state index contributed by atoms with van der Waals surface area (Å²) in [5.41, 5.74) is 1.91. The molecule has 0 atom stereocenters. The highest BCUT2D eigenvalue weighted by atomic mass is 31.2. The molecule has 1 N–H and O–H groups in total. The molecule has 0 amide bonds. The van der Waals surface area contributed by atoms with E-state index in [1.54, 1.807) is 6.07 Å². The number of H-pyrrole nitrogens is 1. The van der Waals surface area contributed by atoms with Crippen LogP contribution in [0.1, 0.15) is 19.4 Å². The molecule has 7 heteroatoms. The van der Waals surface area contributed by atoms with E-state index in [4.69, 9.17) is 13.6 Å². The Morgan fingerprint density at radius 3 is 2.67 bits per heavy atom. The van der Waals surface area contributed by atoms with Crippen LogP contribution in [0.15, 0.2) is 24.4 Å². The molecule has 2 aromatic rings. The molecule has 0 radical (unpaired) electrons. The molecular formula is C17H25N2O4P. The van der Waals surface area contributed by atoms with Crippen molar-refractivity contribution in [2.24, 2.45) is 5.41 Å². The summed E-state index contributed by atoms with van der Waals surface area (Å²) in [5, 5.41) is 0.937. The fourth-order valence-electron chi connectivity index (χ4n) is 2.60. The fraction of sp³-hybridized carbons (Fsp3) is 0.529. The first-order valence-electron chi connectivity index (χ1n) is 8.10. The highest BCUT2D eigenvalue weighted by Crippen LogP contribution is 2.55. The molecule has 2 heterocycles. The van der Waals surface area contributed by atoms with Crippen molar-refractivity contribution in [2.45, 2.75) is 20.3 Å². The van der Waals surface area contributed by atoms with Gasteiger partial charge in [0.2, 0.25) is 0 Å². The van der Waals surface area contributed by atoms with Gasteiger partial charge < -0.3 is 14.4 Å². The molecule has 1 saturated heterocycles. The predicted octanol–water partition coefficient (Wildman–Crippen LogP) is 3.83. The van der Waals surface area contributed by atoms with Crippen molar-refractivity contribution in [3.63, 3.8) is 0 Å². The van der Waals surface area contributed by atoms with Crippen LogP contribution in [0.4, 0.5) is 0 Å². The van der Waals surface area contributed by atoms with Gasteiger partial charge in [0.15, 0.2) is 0 Å². The fourth-order valence-corrected chi connectivity index (χ4v) is 4.18. The Hall–Kier alpha value is -1.33. The molecular weight excluding hydrogens is 327 g/mol. The van der Waals surface area contributed by atoms with E-state index in [2.05, 4.69) is 9.88 Å². The molecule has 1 aromatic carbocycles. The lowest BCUT2D eigenvalue weighted by Gasteiger charge is -2.33. The SMILES string of the molecule is CN(C)CCc1c[nH]c2cccc(OP3(=O)OCC(C)(C)CO3)c12. The third-order valence-corrected chi connectivity index (χ3v) is 5.33. The topological polar surface area (TPSA) is 63.8 Å². The third kappa shape index (κ3) is 3.83. The first-order chi connectivity index (χ1) is 11.3. The van der Waals surface area contributed by atoms with Crippen LogP contribution in [-0.4, -0.2) is 43.7 Å². The number of likely N-dealkylation sites (N-methyl/N-ethyl adjacent to an activating group) is 1. The van der Waals surface area contributed by atoms with E-state index < -0.39 is 7.82 Å². The van der Waals surface area contributed by atoms with Gasteiger partial charge in [-0.05, 0) is 38.2 Å². The Bertz CT molecular complexity index is 755. The standard InChI is InChI=1S/C17H25N2O4P/c1-17(2)11-21-24(20,22-12-17)23-15-7-5-6-14-16(15)13(10-18-14)8-9-19(3)4/h5-7,10,18H,8-9,11-12H2,1-4H3. The van der Waals surface area contributed by atoms with Crippen molar-refractivity contribution < 1.29 is 18.1 Å². The molecule has 24 heavy (non-hydrogen) atoms. The van der Waals surface area contributed by atoms with Crippen LogP contribution < -0.4 is 4.52 Å². The number of fused-ring (bicyclic) bond motifs is 1. The van der Waals surface area contributed by atoms with Gasteiger partial charge in [0.1, 0.15) is 5.75 Å². The number of aromatic amines is 1. The molecule has 1 fully saturated rings. The van der Waals surface area contributed by atoms with Crippen LogP contribution in [0.2, 0.25) is 0 Å². The first-order valence-corrected chi connectivity index (χ1v) is 9.57. The summed E-state index contributed by atoms with van der Waals surface area (Å²) in [6.45, 7) is 5.62. The molecule has 3 rings (SSSR count). The largest absolute Gasteiger partial charge is 0.530 e. The van der Waals surface area contributed by atoms with Crippen LogP contribution in [0.25, 0.3) is 10.9 Å². The summed E-state index contributed by atoms with van der Waals surface area (Å²) in [6, 6.07) is 5.65. The normalized spacial score (nSPS) is 19.7. The lowest BCUT2D eigenvalue weighted by atomic mass is 9.97. The number of nitrogens with one attached hydrogen (secondary N) is 1. The molecule has 0 bridgehead atoms. The lowest BCUT2D eigenvalue weighted by Crippen LogP contribution is -2.30. The van der Waals surface area contributed by atoms with Crippen LogP contribution in [0, 0.1) is 5.41 Å². The second-order valence-electron chi connectivity index (χ2n) is 7.30. The van der Waals surface area contributed by atoms with E-state index in [0.29, 0.717) is 19.0 Å². The lowest BCUT2D eigenvalue weighted by molar-refractivity contribution is 0.0183. The van der Waals surface area contributed by atoms with Gasteiger partial charge in [0.05, 0.1) is 13.2 Å². The van der Waals surface area contributed by atoms with Crippen LogP contribution in [0.5, 0.6) is 5.75 Å². The third-order valence-electron chi connectivity index (χ3n) is 4.01. The average Bonchev–Trinajstić information content (AvgIpc) is 2.93. The molecule has 0 unspecified atom stereocenters. The van der Waals surface area contributed by atoms with Crippen LogP contribution >= 0.6 is 7.82 Å². The Morgan fingerprint density at radius 2 is 2.00 bits per heavy atom. The summed E-state index contributed by atoms with van der Waals surface area (Å²) >= 11 is 0. The highest BCUT2D eigenvalue weighted by Gasteiger charge is 2.39. The second kappa shape index (κ2) is 6.52. The van der Waals surface area contributed by atoms with Crippen molar-refractivity contribution >= 4 is 18.7 Å². The molecule has 0 aliphatic carbocycles. The Morgan fingerprint density at radius 1 is 1.29 bits per heavy atom. The molecule has 1 aliphatic rings. The van der Waals surface area contributed by atoms with E-state index in [1.807, 2.05) is 46.3 Å². The molecule has 0 saturated carbocycles. The minimum absolute atomic E-state index is 0.158. The Kier molecular flexibility index (Phi) is 4.76. The number of benzene rings is 1. The summed E-state index contributed by atoms with van der Waals surface area (Å²) in [4.78, 5) is 5.37.